The molecule has 0 amide bonds. The lowest BCUT2D eigenvalue weighted by Crippen LogP contribution is -2.31. The summed E-state index contributed by atoms with van der Waals surface area (Å²) in [5.74, 6) is 0. The molecule has 16 heavy (non-hydrogen) atoms. The number of likely N-dealkylation sites (tertiary alicyclic amines) is 1. The van der Waals surface area contributed by atoms with E-state index in [2.05, 4.69) is 17.3 Å². The van der Waals surface area contributed by atoms with Crippen LogP contribution in [0.15, 0.2) is 18.2 Å². The molecule has 0 saturated carbocycles. The van der Waals surface area contributed by atoms with Crippen molar-refractivity contribution in [2.45, 2.75) is 18.9 Å². The monoisotopic (exact) mass is 239 g/mol. The molecule has 1 fully saturated rings. The number of para-hydroxylation sites is 1. The number of halogens is 1. The molecule has 1 aromatic rings. The van der Waals surface area contributed by atoms with Crippen LogP contribution in [0, 0.1) is 0 Å². The van der Waals surface area contributed by atoms with Crippen LogP contribution in [0.4, 0.5) is 11.4 Å². The molecule has 1 aliphatic heterocycles. The third-order valence-electron chi connectivity index (χ3n) is 3.23. The Kier molecular flexibility index (Phi) is 3.56. The summed E-state index contributed by atoms with van der Waals surface area (Å²) >= 11 is 6.10. The molecule has 0 aromatic heterocycles. The molecule has 0 radical (unpaired) electrons. The number of nitrogens with one attached hydrogen (secondary N) is 1. The first-order valence-corrected chi connectivity index (χ1v) is 6.04. The molecule has 1 unspecified atom stereocenters. The molecule has 0 aliphatic carbocycles. The van der Waals surface area contributed by atoms with E-state index in [1.165, 1.54) is 19.4 Å². The number of hydrogen-bond donors (Lipinski definition) is 2. The molecule has 1 heterocycles. The van der Waals surface area contributed by atoms with Gasteiger partial charge in [0, 0.05) is 12.6 Å². The zero-order chi connectivity index (χ0) is 11.5. The number of hydrogen-bond acceptors (Lipinski definition) is 3. The molecule has 1 aliphatic rings. The van der Waals surface area contributed by atoms with E-state index >= 15 is 0 Å². The van der Waals surface area contributed by atoms with E-state index in [0.29, 0.717) is 16.8 Å². The Morgan fingerprint density at radius 3 is 3.00 bits per heavy atom. The largest absolute Gasteiger partial charge is 0.397 e. The number of nitrogens with zero attached hydrogens (tertiary/aromatic N) is 1. The molecule has 4 heteroatoms. The van der Waals surface area contributed by atoms with Crippen LogP contribution < -0.4 is 11.1 Å². The Morgan fingerprint density at radius 1 is 1.56 bits per heavy atom. The fourth-order valence-corrected chi connectivity index (χ4v) is 2.43. The zero-order valence-electron chi connectivity index (χ0n) is 9.54. The van der Waals surface area contributed by atoms with Crippen LogP contribution in [0.25, 0.3) is 0 Å². The van der Waals surface area contributed by atoms with Crippen molar-refractivity contribution in [1.82, 2.24) is 4.90 Å². The summed E-state index contributed by atoms with van der Waals surface area (Å²) in [5, 5.41) is 4.05. The second kappa shape index (κ2) is 4.93. The van der Waals surface area contributed by atoms with Gasteiger partial charge in [-0.1, -0.05) is 17.7 Å². The van der Waals surface area contributed by atoms with Gasteiger partial charge in [0.1, 0.15) is 0 Å². The van der Waals surface area contributed by atoms with Crippen LogP contribution in [0.1, 0.15) is 12.8 Å². The lowest BCUT2D eigenvalue weighted by atomic mass is 10.2. The number of benzene rings is 1. The van der Waals surface area contributed by atoms with Crippen molar-refractivity contribution in [2.75, 3.05) is 31.2 Å². The normalized spacial score (nSPS) is 21.2. The van der Waals surface area contributed by atoms with Crippen molar-refractivity contribution in [3.8, 4) is 0 Å². The minimum absolute atomic E-state index is 0.593. The topological polar surface area (TPSA) is 41.3 Å². The second-order valence-electron chi connectivity index (χ2n) is 4.36. The number of likely N-dealkylation sites (N-methyl/N-ethyl adjacent to an activating group) is 1. The first-order chi connectivity index (χ1) is 7.68. The van der Waals surface area contributed by atoms with E-state index in [4.69, 9.17) is 17.3 Å². The fraction of sp³-hybridized carbons (Fsp3) is 0.500. The first-order valence-electron chi connectivity index (χ1n) is 5.66. The van der Waals surface area contributed by atoms with E-state index < -0.39 is 0 Å². The van der Waals surface area contributed by atoms with Gasteiger partial charge in [-0.05, 0) is 38.6 Å². The fourth-order valence-electron chi connectivity index (χ4n) is 2.18. The van der Waals surface area contributed by atoms with E-state index in [0.717, 1.165) is 12.2 Å². The van der Waals surface area contributed by atoms with Crippen molar-refractivity contribution in [3.63, 3.8) is 0 Å². The predicted octanol–water partition coefficient (Wildman–Crippen LogP) is 2.43. The minimum Gasteiger partial charge on any atom is -0.397 e. The molecular weight excluding hydrogens is 222 g/mol. The third kappa shape index (κ3) is 2.42. The van der Waals surface area contributed by atoms with Gasteiger partial charge < -0.3 is 16.0 Å². The van der Waals surface area contributed by atoms with Gasteiger partial charge in [-0.2, -0.15) is 0 Å². The summed E-state index contributed by atoms with van der Waals surface area (Å²) in [7, 11) is 2.16. The summed E-state index contributed by atoms with van der Waals surface area (Å²) in [6, 6.07) is 6.19. The maximum absolute atomic E-state index is 6.10. The quantitative estimate of drug-likeness (QED) is 0.797. The van der Waals surface area contributed by atoms with E-state index in [1.807, 2.05) is 18.2 Å². The van der Waals surface area contributed by atoms with Gasteiger partial charge in [0.25, 0.3) is 0 Å². The number of rotatable bonds is 3. The van der Waals surface area contributed by atoms with Crippen molar-refractivity contribution < 1.29 is 0 Å². The lowest BCUT2D eigenvalue weighted by molar-refractivity contribution is 0.322. The SMILES string of the molecule is CN1CCCC1CNc1c(N)cccc1Cl. The van der Waals surface area contributed by atoms with Crippen LogP contribution in [0.5, 0.6) is 0 Å². The molecule has 3 nitrogen and oxygen atoms in total. The standard InChI is InChI=1S/C12H18ClN3/c1-16-7-3-4-9(16)8-15-12-10(13)5-2-6-11(12)14/h2,5-6,9,15H,3-4,7-8,14H2,1H3. The molecule has 1 aromatic carbocycles. The van der Waals surface area contributed by atoms with Crippen LogP contribution >= 0.6 is 11.6 Å². The summed E-state index contributed by atoms with van der Waals surface area (Å²) in [6.07, 6.45) is 2.52. The number of anilines is 2. The smallest absolute Gasteiger partial charge is 0.0763 e. The molecule has 1 saturated heterocycles. The van der Waals surface area contributed by atoms with Crippen LogP contribution in [0.2, 0.25) is 5.02 Å². The second-order valence-corrected chi connectivity index (χ2v) is 4.77. The Labute approximate surface area is 102 Å². The molecule has 3 N–H and O–H groups in total. The summed E-state index contributed by atoms with van der Waals surface area (Å²) < 4.78 is 0. The highest BCUT2D eigenvalue weighted by atomic mass is 35.5. The summed E-state index contributed by atoms with van der Waals surface area (Å²) in [5.41, 5.74) is 7.46. The molecule has 88 valence electrons. The van der Waals surface area contributed by atoms with Gasteiger partial charge in [-0.3, -0.25) is 0 Å². The average Bonchev–Trinajstić information content (AvgIpc) is 2.64. The maximum atomic E-state index is 6.10. The third-order valence-corrected chi connectivity index (χ3v) is 3.55. The van der Waals surface area contributed by atoms with Crippen LogP contribution in [-0.4, -0.2) is 31.1 Å². The van der Waals surface area contributed by atoms with Crippen LogP contribution in [0.3, 0.4) is 0 Å². The predicted molar refractivity (Wildman–Crippen MR) is 70.0 cm³/mol. The Bertz CT molecular complexity index is 347. The molecule has 2 rings (SSSR count). The average molecular weight is 240 g/mol. The van der Waals surface area contributed by atoms with E-state index in [-0.39, 0.29) is 0 Å². The summed E-state index contributed by atoms with van der Waals surface area (Å²) in [6.45, 7) is 2.09. The minimum atomic E-state index is 0.593. The highest BCUT2D eigenvalue weighted by Gasteiger charge is 2.20. The molecular formula is C12H18ClN3. The Hall–Kier alpha value is -0.930. The van der Waals surface area contributed by atoms with E-state index in [1.54, 1.807) is 0 Å². The Balaban J connectivity index is 1.99. The van der Waals surface area contributed by atoms with Gasteiger partial charge in [-0.25, -0.2) is 0 Å². The zero-order valence-corrected chi connectivity index (χ0v) is 10.3. The van der Waals surface area contributed by atoms with Crippen LogP contribution in [-0.2, 0) is 0 Å². The van der Waals surface area contributed by atoms with Gasteiger partial charge in [0.15, 0.2) is 0 Å². The first kappa shape index (κ1) is 11.6. The highest BCUT2D eigenvalue weighted by Crippen LogP contribution is 2.28. The summed E-state index contributed by atoms with van der Waals surface area (Å²) in [4.78, 5) is 2.38. The van der Waals surface area contributed by atoms with Crippen molar-refractivity contribution >= 4 is 23.0 Å². The van der Waals surface area contributed by atoms with Crippen molar-refractivity contribution in [1.29, 1.82) is 0 Å². The maximum Gasteiger partial charge on any atom is 0.0763 e. The van der Waals surface area contributed by atoms with Crippen molar-refractivity contribution in [3.05, 3.63) is 23.2 Å². The number of nitrogen functional groups attached to an aromatic ring is 1. The van der Waals surface area contributed by atoms with Gasteiger partial charge in [-0.15, -0.1) is 0 Å². The highest BCUT2D eigenvalue weighted by molar-refractivity contribution is 6.33. The number of nitrogens with two attached hydrogens (primary N) is 1. The lowest BCUT2D eigenvalue weighted by Gasteiger charge is -2.21. The van der Waals surface area contributed by atoms with E-state index in [9.17, 15) is 0 Å². The molecule has 1 atom stereocenters. The van der Waals surface area contributed by atoms with Gasteiger partial charge >= 0.3 is 0 Å². The molecule has 0 bridgehead atoms. The Morgan fingerprint density at radius 2 is 2.38 bits per heavy atom. The molecule has 0 spiro atoms. The van der Waals surface area contributed by atoms with Gasteiger partial charge in [0.2, 0.25) is 0 Å². The van der Waals surface area contributed by atoms with Crippen molar-refractivity contribution in [2.24, 2.45) is 0 Å². The van der Waals surface area contributed by atoms with Gasteiger partial charge in [0.05, 0.1) is 16.4 Å².